The summed E-state index contributed by atoms with van der Waals surface area (Å²) in [6.07, 6.45) is 7.20. The largest absolute Gasteiger partial charge is 0.349 e. The van der Waals surface area contributed by atoms with Gasteiger partial charge in [0.25, 0.3) is 0 Å². The van der Waals surface area contributed by atoms with Crippen LogP contribution >= 0.6 is 0 Å². The van der Waals surface area contributed by atoms with Crippen LogP contribution in [0.5, 0.6) is 0 Å². The third-order valence-electron chi connectivity index (χ3n) is 6.33. The molecular formula is C19H25FN2O. The minimum absolute atomic E-state index is 0.0250. The van der Waals surface area contributed by atoms with Gasteiger partial charge in [-0.25, -0.2) is 4.39 Å². The highest BCUT2D eigenvalue weighted by atomic mass is 19.1. The lowest BCUT2D eigenvalue weighted by Gasteiger charge is -2.55. The standard InChI is InChI=1S/C19H25FN2O/c1-18(13-3-5-14(20)6-4-13)11-15(12-18)21-16-7-8-17(23)22-19(16)9-2-10-19/h3-6,15-16,21H,2,7-12H2,1H3,(H,22,23). The molecule has 2 aliphatic carbocycles. The van der Waals surface area contributed by atoms with Crippen molar-refractivity contribution in [2.45, 2.75) is 74.9 Å². The molecule has 2 N–H and O–H groups in total. The first-order valence-corrected chi connectivity index (χ1v) is 8.82. The molecule has 1 unspecified atom stereocenters. The lowest BCUT2D eigenvalue weighted by molar-refractivity contribution is -0.128. The molecule has 1 spiro atoms. The number of rotatable bonds is 3. The molecule has 23 heavy (non-hydrogen) atoms. The summed E-state index contributed by atoms with van der Waals surface area (Å²) in [6, 6.07) is 7.86. The summed E-state index contributed by atoms with van der Waals surface area (Å²) in [6.45, 7) is 2.26. The van der Waals surface area contributed by atoms with Gasteiger partial charge in [0.1, 0.15) is 5.82 Å². The van der Waals surface area contributed by atoms with Crippen LogP contribution in [0.1, 0.15) is 57.4 Å². The predicted octanol–water partition coefficient (Wildman–Crippen LogP) is 3.04. The average Bonchev–Trinajstić information content (AvgIpc) is 2.46. The molecule has 4 rings (SSSR count). The smallest absolute Gasteiger partial charge is 0.220 e. The van der Waals surface area contributed by atoms with Crippen molar-refractivity contribution < 1.29 is 9.18 Å². The van der Waals surface area contributed by atoms with Crippen molar-refractivity contribution in [1.29, 1.82) is 0 Å². The van der Waals surface area contributed by atoms with Gasteiger partial charge in [-0.2, -0.15) is 0 Å². The van der Waals surface area contributed by atoms with Crippen LogP contribution in [0.3, 0.4) is 0 Å². The molecule has 1 aromatic carbocycles. The average molecular weight is 316 g/mol. The Hall–Kier alpha value is -1.42. The Bertz CT molecular complexity index is 602. The molecule has 4 heteroatoms. The van der Waals surface area contributed by atoms with Gasteiger partial charge in [0.05, 0.1) is 5.54 Å². The van der Waals surface area contributed by atoms with E-state index >= 15 is 0 Å². The zero-order valence-corrected chi connectivity index (χ0v) is 13.7. The van der Waals surface area contributed by atoms with E-state index in [4.69, 9.17) is 0 Å². The molecule has 3 aliphatic rings. The summed E-state index contributed by atoms with van der Waals surface area (Å²) in [4.78, 5) is 11.7. The lowest BCUT2D eigenvalue weighted by Crippen LogP contribution is -2.70. The van der Waals surface area contributed by atoms with Crippen LogP contribution in [0.2, 0.25) is 0 Å². The van der Waals surface area contributed by atoms with Gasteiger partial charge in [0.2, 0.25) is 5.91 Å². The second-order valence-corrected chi connectivity index (χ2v) is 7.99. The number of carbonyl (C=O) groups is 1. The van der Waals surface area contributed by atoms with Crippen LogP contribution in [0.15, 0.2) is 24.3 Å². The molecule has 0 radical (unpaired) electrons. The summed E-state index contributed by atoms with van der Waals surface area (Å²) in [7, 11) is 0. The van der Waals surface area contributed by atoms with Gasteiger partial charge in [0, 0.05) is 18.5 Å². The number of nitrogens with one attached hydrogen (secondary N) is 2. The number of hydrogen-bond donors (Lipinski definition) is 2. The van der Waals surface area contributed by atoms with Crippen LogP contribution in [0.25, 0.3) is 0 Å². The van der Waals surface area contributed by atoms with Gasteiger partial charge in [-0.1, -0.05) is 19.1 Å². The van der Waals surface area contributed by atoms with Crippen molar-refractivity contribution in [2.24, 2.45) is 0 Å². The van der Waals surface area contributed by atoms with E-state index in [0.29, 0.717) is 18.5 Å². The zero-order chi connectivity index (χ0) is 16.1. The Morgan fingerprint density at radius 3 is 2.52 bits per heavy atom. The third-order valence-corrected chi connectivity index (χ3v) is 6.33. The molecule has 3 fully saturated rings. The Labute approximate surface area is 137 Å². The minimum atomic E-state index is -0.170. The highest BCUT2D eigenvalue weighted by Crippen LogP contribution is 2.45. The Morgan fingerprint density at radius 2 is 1.91 bits per heavy atom. The molecule has 0 aromatic heterocycles. The number of hydrogen-bond acceptors (Lipinski definition) is 2. The van der Waals surface area contributed by atoms with E-state index < -0.39 is 0 Å². The van der Waals surface area contributed by atoms with E-state index in [-0.39, 0.29) is 22.7 Å². The molecule has 3 nitrogen and oxygen atoms in total. The molecule has 124 valence electrons. The Kier molecular flexibility index (Phi) is 3.49. The van der Waals surface area contributed by atoms with E-state index in [1.165, 1.54) is 12.0 Å². The fourth-order valence-electron chi connectivity index (χ4n) is 4.77. The molecule has 0 bridgehead atoms. The highest BCUT2D eigenvalue weighted by Gasteiger charge is 2.50. The first-order valence-electron chi connectivity index (χ1n) is 8.82. The quantitative estimate of drug-likeness (QED) is 0.900. The SMILES string of the molecule is CC1(c2ccc(F)cc2)CC(NC2CCC(=O)NC23CCC3)C1. The van der Waals surface area contributed by atoms with E-state index in [0.717, 1.165) is 32.1 Å². The molecule has 1 atom stereocenters. The van der Waals surface area contributed by atoms with Crippen LogP contribution < -0.4 is 10.6 Å². The predicted molar refractivity (Wildman–Crippen MR) is 87.7 cm³/mol. The minimum Gasteiger partial charge on any atom is -0.349 e. The fourth-order valence-corrected chi connectivity index (χ4v) is 4.77. The van der Waals surface area contributed by atoms with Crippen molar-refractivity contribution in [1.82, 2.24) is 10.6 Å². The summed E-state index contributed by atoms with van der Waals surface area (Å²) in [5.41, 5.74) is 1.40. The highest BCUT2D eigenvalue weighted by molar-refractivity contribution is 5.78. The summed E-state index contributed by atoms with van der Waals surface area (Å²) in [5.74, 6) is 0.0451. The molecule has 1 saturated heterocycles. The van der Waals surface area contributed by atoms with Gasteiger partial charge in [-0.15, -0.1) is 0 Å². The van der Waals surface area contributed by atoms with Crippen LogP contribution in [0.4, 0.5) is 4.39 Å². The normalized spacial score (nSPS) is 35.3. The van der Waals surface area contributed by atoms with Gasteiger partial charge >= 0.3 is 0 Å². The van der Waals surface area contributed by atoms with Crippen molar-refractivity contribution >= 4 is 5.91 Å². The summed E-state index contributed by atoms with van der Waals surface area (Å²) >= 11 is 0. The molecule has 1 aromatic rings. The summed E-state index contributed by atoms with van der Waals surface area (Å²) < 4.78 is 13.1. The number of benzene rings is 1. The maximum atomic E-state index is 13.1. The second kappa shape index (κ2) is 5.30. The first kappa shape index (κ1) is 15.1. The van der Waals surface area contributed by atoms with Gasteiger partial charge in [0.15, 0.2) is 0 Å². The van der Waals surface area contributed by atoms with Crippen LogP contribution in [-0.4, -0.2) is 23.5 Å². The van der Waals surface area contributed by atoms with E-state index in [9.17, 15) is 9.18 Å². The maximum absolute atomic E-state index is 13.1. The Balaban J connectivity index is 1.38. The van der Waals surface area contributed by atoms with Gasteiger partial charge in [-0.3, -0.25) is 4.79 Å². The van der Waals surface area contributed by atoms with Gasteiger partial charge in [-0.05, 0) is 61.6 Å². The van der Waals surface area contributed by atoms with Crippen LogP contribution in [-0.2, 0) is 10.2 Å². The van der Waals surface area contributed by atoms with E-state index in [1.54, 1.807) is 12.1 Å². The zero-order valence-electron chi connectivity index (χ0n) is 13.7. The molecular weight excluding hydrogens is 291 g/mol. The molecule has 1 aliphatic heterocycles. The first-order chi connectivity index (χ1) is 11.0. The number of carbonyl (C=O) groups excluding carboxylic acids is 1. The van der Waals surface area contributed by atoms with Crippen LogP contribution in [0, 0.1) is 5.82 Å². The van der Waals surface area contributed by atoms with Crippen molar-refractivity contribution in [3.63, 3.8) is 0 Å². The third kappa shape index (κ3) is 2.57. The van der Waals surface area contributed by atoms with Crippen molar-refractivity contribution in [2.75, 3.05) is 0 Å². The fraction of sp³-hybridized carbons (Fsp3) is 0.632. The molecule has 1 heterocycles. The monoisotopic (exact) mass is 316 g/mol. The number of halogens is 1. The molecule has 2 saturated carbocycles. The Morgan fingerprint density at radius 1 is 1.22 bits per heavy atom. The van der Waals surface area contributed by atoms with Crippen molar-refractivity contribution in [3.8, 4) is 0 Å². The second-order valence-electron chi connectivity index (χ2n) is 7.99. The van der Waals surface area contributed by atoms with E-state index in [2.05, 4.69) is 17.6 Å². The van der Waals surface area contributed by atoms with Gasteiger partial charge < -0.3 is 10.6 Å². The lowest BCUT2D eigenvalue weighted by atomic mass is 9.61. The maximum Gasteiger partial charge on any atom is 0.220 e. The topological polar surface area (TPSA) is 41.1 Å². The van der Waals surface area contributed by atoms with Crippen molar-refractivity contribution in [3.05, 3.63) is 35.6 Å². The number of amides is 1. The summed E-state index contributed by atoms with van der Waals surface area (Å²) in [5, 5.41) is 7.06. The molecule has 1 amide bonds. The van der Waals surface area contributed by atoms with E-state index in [1.807, 2.05) is 12.1 Å². The number of piperidine rings is 1.